The van der Waals surface area contributed by atoms with E-state index in [1.54, 1.807) is 24.3 Å². The summed E-state index contributed by atoms with van der Waals surface area (Å²) in [5.74, 6) is -0.0334. The lowest BCUT2D eigenvalue weighted by molar-refractivity contribution is 0.112. The Labute approximate surface area is 133 Å². The molecule has 0 bridgehead atoms. The molecule has 0 aromatic heterocycles. The molecule has 2 N–H and O–H groups in total. The molecular formula is C19H25O3+. The molecular weight excluding hydrogens is 276 g/mol. The standard InChI is InChI=1S/C19H24O3/c1-2-17-13-9-6-4-3-5-7-12-16-22-19(21)15-11-8-10-14-18(17)20/h3-5,7-15,17-18,20H,2,6,16H2,1H3/p+1/b4-3?,11-8?,12-7?,13-9-,14-10?,19-15?/t17-,18+/m0/s1. The van der Waals surface area contributed by atoms with Crippen LogP contribution in [0.2, 0.25) is 0 Å². The van der Waals surface area contributed by atoms with Crippen molar-refractivity contribution in [2.75, 3.05) is 6.61 Å². The summed E-state index contributed by atoms with van der Waals surface area (Å²) in [5, 5.41) is 19.6. The van der Waals surface area contributed by atoms with E-state index in [-0.39, 0.29) is 11.9 Å². The van der Waals surface area contributed by atoms with Gasteiger partial charge in [0, 0.05) is 49.1 Å². The van der Waals surface area contributed by atoms with E-state index in [0.29, 0.717) is 6.61 Å². The Morgan fingerprint density at radius 2 is 1.95 bits per heavy atom. The summed E-state index contributed by atoms with van der Waals surface area (Å²) in [6.45, 7) is 2.37. The Morgan fingerprint density at radius 3 is 2.77 bits per heavy atom. The zero-order valence-electron chi connectivity index (χ0n) is 13.0. The first-order valence-corrected chi connectivity index (χ1v) is 7.60. The van der Waals surface area contributed by atoms with Crippen molar-refractivity contribution in [2.24, 2.45) is 5.92 Å². The summed E-state index contributed by atoms with van der Waals surface area (Å²) in [6.07, 6.45) is 23.3. The van der Waals surface area contributed by atoms with Crippen LogP contribution >= 0.6 is 0 Å². The van der Waals surface area contributed by atoms with Crippen LogP contribution in [-0.2, 0) is 4.74 Å². The zero-order chi connectivity index (χ0) is 16.0. The highest BCUT2D eigenvalue weighted by Crippen LogP contribution is 2.12. The smallest absolute Gasteiger partial charge is 0.278 e. The fourth-order valence-electron chi connectivity index (χ4n) is 1.88. The third kappa shape index (κ3) is 8.22. The highest BCUT2D eigenvalue weighted by molar-refractivity contribution is 5.14. The van der Waals surface area contributed by atoms with E-state index in [2.05, 4.69) is 19.1 Å². The number of rotatable bonds is 1. The van der Waals surface area contributed by atoms with Gasteiger partial charge in [-0.05, 0) is 6.42 Å². The summed E-state index contributed by atoms with van der Waals surface area (Å²) in [5.41, 5.74) is 0. The van der Waals surface area contributed by atoms with Crippen LogP contribution in [-0.4, -0.2) is 22.9 Å². The Hall–Kier alpha value is -2.13. The normalized spacial score (nSPS) is 25.5. The van der Waals surface area contributed by atoms with Gasteiger partial charge in [-0.3, -0.25) is 0 Å². The lowest BCUT2D eigenvalue weighted by Gasteiger charge is -2.14. The first kappa shape index (κ1) is 17.9. The van der Waals surface area contributed by atoms with Gasteiger partial charge in [-0.2, -0.15) is 0 Å². The van der Waals surface area contributed by atoms with Gasteiger partial charge in [0.1, 0.15) is 0 Å². The maximum atomic E-state index is 10.1. The van der Waals surface area contributed by atoms with Gasteiger partial charge in [0.15, 0.2) is 6.61 Å². The molecule has 0 aromatic rings. The number of ether oxygens (including phenoxy) is 1. The molecule has 1 heterocycles. The largest absolute Gasteiger partial charge is 0.481 e. The predicted molar refractivity (Wildman–Crippen MR) is 91.1 cm³/mol. The minimum absolute atomic E-state index is 0.105. The van der Waals surface area contributed by atoms with Crippen LogP contribution in [0.3, 0.4) is 0 Å². The maximum Gasteiger partial charge on any atom is 0.278 e. The van der Waals surface area contributed by atoms with Crippen LogP contribution in [0.4, 0.5) is 0 Å². The molecule has 0 saturated carbocycles. The van der Waals surface area contributed by atoms with Crippen LogP contribution in [0.5, 0.6) is 0 Å². The molecule has 22 heavy (non-hydrogen) atoms. The Morgan fingerprint density at radius 1 is 1.14 bits per heavy atom. The Kier molecular flexibility index (Phi) is 9.38. The van der Waals surface area contributed by atoms with Crippen molar-refractivity contribution in [1.82, 2.24) is 0 Å². The molecule has 0 unspecified atom stereocenters. The van der Waals surface area contributed by atoms with Crippen LogP contribution in [0.15, 0.2) is 72.8 Å². The van der Waals surface area contributed by atoms with E-state index in [1.807, 2.05) is 30.7 Å². The fraction of sp³-hybridized carbons (Fsp3) is 0.316. The average Bonchev–Trinajstić information content (AvgIpc) is 2.51. The summed E-state index contributed by atoms with van der Waals surface area (Å²) < 4.78 is 5.09. The monoisotopic (exact) mass is 301 g/mol. The van der Waals surface area contributed by atoms with Crippen LogP contribution in [0.1, 0.15) is 19.8 Å². The summed E-state index contributed by atoms with van der Waals surface area (Å²) in [6, 6.07) is 0. The van der Waals surface area contributed by atoms with Crippen molar-refractivity contribution in [3.63, 3.8) is 0 Å². The van der Waals surface area contributed by atoms with Crippen molar-refractivity contribution >= 4 is 0 Å². The summed E-state index contributed by atoms with van der Waals surface area (Å²) in [4.78, 5) is 0. The second-order valence-electron chi connectivity index (χ2n) is 4.86. The van der Waals surface area contributed by atoms with Crippen molar-refractivity contribution in [2.45, 2.75) is 25.9 Å². The molecule has 2 atom stereocenters. The third-order valence-electron chi connectivity index (χ3n) is 3.16. The number of aliphatic hydroxyl groups excluding tert-OH is 2. The van der Waals surface area contributed by atoms with E-state index in [0.717, 1.165) is 12.8 Å². The first-order valence-electron chi connectivity index (χ1n) is 7.60. The van der Waals surface area contributed by atoms with E-state index in [1.165, 1.54) is 6.08 Å². The van der Waals surface area contributed by atoms with Crippen LogP contribution < -0.4 is 0 Å². The number of hydrogen-bond acceptors (Lipinski definition) is 3. The van der Waals surface area contributed by atoms with Gasteiger partial charge in [0.2, 0.25) is 0 Å². The van der Waals surface area contributed by atoms with E-state index in [4.69, 9.17) is 4.74 Å². The SMILES string of the molecule is CC[C@H]1/C=C\CC=C[CH+]C=CCOC(O)=CC=CC=C[C@H]1O. The Balaban J connectivity index is 2.74. The lowest BCUT2D eigenvalue weighted by Crippen LogP contribution is -2.14. The minimum Gasteiger partial charge on any atom is -0.481 e. The quantitative estimate of drug-likeness (QED) is 0.564. The number of allylic oxidation sites excluding steroid dienone is 8. The van der Waals surface area contributed by atoms with E-state index >= 15 is 0 Å². The molecule has 1 rings (SSSR count). The molecule has 0 aromatic carbocycles. The van der Waals surface area contributed by atoms with Crippen molar-refractivity contribution in [3.05, 3.63) is 79.2 Å². The van der Waals surface area contributed by atoms with Crippen molar-refractivity contribution in [1.29, 1.82) is 0 Å². The Bertz CT molecular complexity index is 467. The van der Waals surface area contributed by atoms with Gasteiger partial charge in [-0.1, -0.05) is 43.4 Å². The molecule has 0 saturated heterocycles. The number of aliphatic hydroxyl groups is 2. The maximum absolute atomic E-state index is 10.1. The van der Waals surface area contributed by atoms with Gasteiger partial charge in [0.05, 0.1) is 6.10 Å². The highest BCUT2D eigenvalue weighted by atomic mass is 16.6. The molecule has 3 heteroatoms. The zero-order valence-corrected chi connectivity index (χ0v) is 13.0. The minimum atomic E-state index is -0.517. The van der Waals surface area contributed by atoms with Crippen molar-refractivity contribution < 1.29 is 14.9 Å². The third-order valence-corrected chi connectivity index (χ3v) is 3.16. The molecule has 118 valence electrons. The van der Waals surface area contributed by atoms with Gasteiger partial charge in [-0.15, -0.1) is 0 Å². The van der Waals surface area contributed by atoms with Crippen molar-refractivity contribution in [3.8, 4) is 0 Å². The highest BCUT2D eigenvalue weighted by Gasteiger charge is 2.10. The molecule has 0 fully saturated rings. The van der Waals surface area contributed by atoms with Crippen LogP contribution in [0.25, 0.3) is 0 Å². The summed E-state index contributed by atoms with van der Waals surface area (Å²) in [7, 11) is 0. The molecule has 0 radical (unpaired) electrons. The average molecular weight is 301 g/mol. The molecule has 0 aliphatic carbocycles. The van der Waals surface area contributed by atoms with Crippen LogP contribution in [0, 0.1) is 12.3 Å². The molecule has 0 spiro atoms. The molecule has 0 amide bonds. The van der Waals surface area contributed by atoms with E-state index < -0.39 is 6.10 Å². The van der Waals surface area contributed by atoms with Gasteiger partial charge < -0.3 is 14.9 Å². The first-order chi connectivity index (χ1) is 10.7. The molecule has 1 aliphatic rings. The second kappa shape index (κ2) is 11.5. The second-order valence-corrected chi connectivity index (χ2v) is 4.86. The number of hydrogen-bond donors (Lipinski definition) is 2. The fourth-order valence-corrected chi connectivity index (χ4v) is 1.88. The van der Waals surface area contributed by atoms with Gasteiger partial charge in [-0.25, -0.2) is 0 Å². The van der Waals surface area contributed by atoms with Gasteiger partial charge >= 0.3 is 0 Å². The summed E-state index contributed by atoms with van der Waals surface area (Å²) >= 11 is 0. The van der Waals surface area contributed by atoms with E-state index in [9.17, 15) is 10.2 Å². The molecule has 3 nitrogen and oxygen atoms in total. The lowest BCUT2D eigenvalue weighted by atomic mass is 9.98. The molecule has 1 aliphatic heterocycles. The van der Waals surface area contributed by atoms with Gasteiger partial charge in [0.25, 0.3) is 5.95 Å². The predicted octanol–water partition coefficient (Wildman–Crippen LogP) is 4.18. The topological polar surface area (TPSA) is 49.7 Å².